The average Bonchev–Trinajstić information content (AvgIpc) is 3.61. The first kappa shape index (κ1) is 25.3. The predicted octanol–water partition coefficient (Wildman–Crippen LogP) is 1.83. The number of hydrogen-bond acceptors (Lipinski definition) is 7. The molecule has 1 aliphatic carbocycles. The van der Waals surface area contributed by atoms with Crippen LogP contribution in [0.25, 0.3) is 0 Å². The fourth-order valence-electron chi connectivity index (χ4n) is 4.58. The van der Waals surface area contributed by atoms with Crippen LogP contribution in [0.15, 0.2) is 42.0 Å². The fraction of sp³-hybridized carbons (Fsp3) is 0.520. The predicted molar refractivity (Wildman–Crippen MR) is 133 cm³/mol. The van der Waals surface area contributed by atoms with Gasteiger partial charge in [0.15, 0.2) is 0 Å². The number of thiophene rings is 1. The lowest BCUT2D eigenvalue weighted by Gasteiger charge is -2.35. The number of amides is 3. The van der Waals surface area contributed by atoms with E-state index in [1.165, 1.54) is 11.3 Å². The van der Waals surface area contributed by atoms with Gasteiger partial charge in [-0.3, -0.25) is 24.3 Å². The van der Waals surface area contributed by atoms with Crippen LogP contribution >= 0.6 is 11.3 Å². The molecular formula is C25H33N5O4S. The molecule has 2 aliphatic rings. The van der Waals surface area contributed by atoms with Gasteiger partial charge in [0, 0.05) is 50.2 Å². The highest BCUT2D eigenvalue weighted by atomic mass is 32.1. The molecule has 9 nitrogen and oxygen atoms in total. The highest BCUT2D eigenvalue weighted by molar-refractivity contribution is 7.12. The van der Waals surface area contributed by atoms with E-state index in [1.807, 2.05) is 11.4 Å². The highest BCUT2D eigenvalue weighted by Crippen LogP contribution is 2.24. The van der Waals surface area contributed by atoms with E-state index in [4.69, 9.17) is 4.74 Å². The van der Waals surface area contributed by atoms with Crippen molar-refractivity contribution < 1.29 is 19.1 Å². The van der Waals surface area contributed by atoms with Gasteiger partial charge in [-0.15, -0.1) is 11.3 Å². The van der Waals surface area contributed by atoms with Crippen LogP contribution < -0.4 is 10.6 Å². The number of aromatic nitrogens is 1. The van der Waals surface area contributed by atoms with Gasteiger partial charge in [0.05, 0.1) is 24.6 Å². The topological polar surface area (TPSA) is 104 Å². The minimum Gasteiger partial charge on any atom is -0.379 e. The second-order valence-electron chi connectivity index (χ2n) is 8.88. The van der Waals surface area contributed by atoms with Crippen LogP contribution in [0, 0.1) is 0 Å². The van der Waals surface area contributed by atoms with Crippen molar-refractivity contribution in [2.24, 2.45) is 0 Å². The first-order valence-corrected chi connectivity index (χ1v) is 13.1. The Kier molecular flexibility index (Phi) is 9.21. The van der Waals surface area contributed by atoms with Gasteiger partial charge in [-0.25, -0.2) is 0 Å². The third-order valence-electron chi connectivity index (χ3n) is 6.49. The van der Waals surface area contributed by atoms with Crippen molar-refractivity contribution in [2.75, 3.05) is 45.9 Å². The number of pyridine rings is 1. The summed E-state index contributed by atoms with van der Waals surface area (Å²) in [6.07, 6.45) is 7.37. The summed E-state index contributed by atoms with van der Waals surface area (Å²) in [4.78, 5) is 48.1. The molecule has 1 saturated heterocycles. The Hall–Kier alpha value is -2.82. The van der Waals surface area contributed by atoms with E-state index in [0.717, 1.165) is 38.8 Å². The number of hydrogen-bond donors (Lipinski definition) is 2. The molecule has 0 aromatic carbocycles. The summed E-state index contributed by atoms with van der Waals surface area (Å²) >= 11 is 1.32. The first-order chi connectivity index (χ1) is 17.1. The molecule has 1 saturated carbocycles. The molecule has 0 radical (unpaired) electrons. The molecule has 2 N–H and O–H groups in total. The van der Waals surface area contributed by atoms with Crippen LogP contribution in [0.5, 0.6) is 0 Å². The zero-order valence-electron chi connectivity index (χ0n) is 19.9. The molecule has 35 heavy (non-hydrogen) atoms. The third kappa shape index (κ3) is 7.09. The number of carbonyl (C=O) groups excluding carboxylic acids is 3. The number of carbonyl (C=O) groups is 3. The van der Waals surface area contributed by atoms with E-state index in [0.29, 0.717) is 36.7 Å². The summed E-state index contributed by atoms with van der Waals surface area (Å²) in [6, 6.07) is 6.41. The van der Waals surface area contributed by atoms with Crippen LogP contribution in [0.2, 0.25) is 0 Å². The van der Waals surface area contributed by atoms with E-state index < -0.39 is 6.04 Å². The number of rotatable bonds is 10. The molecule has 2 aromatic heterocycles. The van der Waals surface area contributed by atoms with Gasteiger partial charge in [-0.2, -0.15) is 0 Å². The molecule has 1 aliphatic heterocycles. The fourth-order valence-corrected chi connectivity index (χ4v) is 5.22. The van der Waals surface area contributed by atoms with E-state index in [1.54, 1.807) is 35.5 Å². The van der Waals surface area contributed by atoms with E-state index in [9.17, 15) is 14.4 Å². The molecule has 0 bridgehead atoms. The largest absolute Gasteiger partial charge is 0.379 e. The van der Waals surface area contributed by atoms with Crippen molar-refractivity contribution in [3.63, 3.8) is 0 Å². The normalized spacial score (nSPS) is 17.6. The van der Waals surface area contributed by atoms with Gasteiger partial charge in [0.2, 0.25) is 11.8 Å². The number of nitrogens with zero attached hydrogens (tertiary/aromatic N) is 3. The molecule has 10 heteroatoms. The summed E-state index contributed by atoms with van der Waals surface area (Å²) in [5, 5.41) is 7.70. The van der Waals surface area contributed by atoms with Gasteiger partial charge in [0.25, 0.3) is 5.91 Å². The van der Waals surface area contributed by atoms with Crippen LogP contribution in [0.3, 0.4) is 0 Å². The summed E-state index contributed by atoms with van der Waals surface area (Å²) < 4.78 is 5.44. The molecule has 3 heterocycles. The molecule has 0 unspecified atom stereocenters. The Labute approximate surface area is 209 Å². The van der Waals surface area contributed by atoms with Gasteiger partial charge < -0.3 is 20.3 Å². The smallest absolute Gasteiger partial charge is 0.261 e. The van der Waals surface area contributed by atoms with Crippen LogP contribution in [-0.2, 0) is 14.3 Å². The summed E-state index contributed by atoms with van der Waals surface area (Å²) in [5.74, 6) is -0.807. The van der Waals surface area contributed by atoms with Gasteiger partial charge in [-0.05, 0) is 30.4 Å². The van der Waals surface area contributed by atoms with Crippen molar-refractivity contribution in [1.29, 1.82) is 0 Å². The Morgan fingerprint density at radius 1 is 1.17 bits per heavy atom. The second-order valence-corrected chi connectivity index (χ2v) is 9.83. The zero-order chi connectivity index (χ0) is 24.5. The Balaban J connectivity index is 1.53. The maximum absolute atomic E-state index is 13.6. The van der Waals surface area contributed by atoms with Crippen LogP contribution in [-0.4, -0.2) is 84.5 Å². The molecule has 2 fully saturated rings. The van der Waals surface area contributed by atoms with Crippen molar-refractivity contribution >= 4 is 29.1 Å². The lowest BCUT2D eigenvalue weighted by atomic mass is 10.0. The van der Waals surface area contributed by atoms with E-state index in [-0.39, 0.29) is 30.3 Å². The first-order valence-electron chi connectivity index (χ1n) is 12.2. The van der Waals surface area contributed by atoms with E-state index in [2.05, 4.69) is 20.5 Å². The Morgan fingerprint density at radius 3 is 2.66 bits per heavy atom. The van der Waals surface area contributed by atoms with E-state index >= 15 is 0 Å². The molecular weight excluding hydrogens is 466 g/mol. The van der Waals surface area contributed by atoms with Crippen molar-refractivity contribution in [3.05, 3.63) is 52.5 Å². The van der Waals surface area contributed by atoms with Crippen LogP contribution in [0.1, 0.15) is 47.0 Å². The second kappa shape index (κ2) is 12.8. The average molecular weight is 500 g/mol. The number of morpholine rings is 1. The lowest BCUT2D eigenvalue weighted by molar-refractivity contribution is -0.140. The molecule has 1 atom stereocenters. The SMILES string of the molecule is O=C(NCC(=O)N(CCN1CCOCC1)[C@@H](C(=O)NC1CCCC1)c1cccnc1)c1cccs1. The maximum atomic E-state index is 13.6. The molecule has 2 aromatic rings. The van der Waals surface area contributed by atoms with Crippen molar-refractivity contribution in [3.8, 4) is 0 Å². The summed E-state index contributed by atoms with van der Waals surface area (Å²) in [6.45, 7) is 3.64. The number of ether oxygens (including phenoxy) is 1. The summed E-state index contributed by atoms with van der Waals surface area (Å²) in [5.41, 5.74) is 0.655. The third-order valence-corrected chi connectivity index (χ3v) is 7.36. The maximum Gasteiger partial charge on any atom is 0.261 e. The van der Waals surface area contributed by atoms with Crippen LogP contribution in [0.4, 0.5) is 0 Å². The van der Waals surface area contributed by atoms with Gasteiger partial charge in [0.1, 0.15) is 6.04 Å². The highest BCUT2D eigenvalue weighted by Gasteiger charge is 2.33. The molecule has 3 amide bonds. The molecule has 188 valence electrons. The van der Waals surface area contributed by atoms with Gasteiger partial charge >= 0.3 is 0 Å². The monoisotopic (exact) mass is 499 g/mol. The Bertz CT molecular complexity index is 960. The zero-order valence-corrected chi connectivity index (χ0v) is 20.7. The molecule has 4 rings (SSSR count). The van der Waals surface area contributed by atoms with Crippen molar-refractivity contribution in [1.82, 2.24) is 25.4 Å². The summed E-state index contributed by atoms with van der Waals surface area (Å²) in [7, 11) is 0. The minimum atomic E-state index is -0.823. The molecule has 0 spiro atoms. The quantitative estimate of drug-likeness (QED) is 0.517. The minimum absolute atomic E-state index is 0.122. The lowest BCUT2D eigenvalue weighted by Crippen LogP contribution is -2.51. The number of nitrogens with one attached hydrogen (secondary N) is 2. The van der Waals surface area contributed by atoms with Gasteiger partial charge in [-0.1, -0.05) is 25.0 Å². The Morgan fingerprint density at radius 2 is 1.97 bits per heavy atom. The van der Waals surface area contributed by atoms with Crippen molar-refractivity contribution in [2.45, 2.75) is 37.8 Å². The standard InChI is InChI=1S/C25H33N5O4S/c31-22(18-27-24(32)21-8-4-16-35-21)30(11-10-29-12-14-34-15-13-29)23(19-5-3-9-26-17-19)25(33)28-20-6-1-2-7-20/h3-5,8-9,16-17,20,23H,1-2,6-7,10-15,18H2,(H,27,32)(H,28,33)/t23-/m1/s1.